The van der Waals surface area contributed by atoms with Crippen molar-refractivity contribution in [3.63, 3.8) is 0 Å². The summed E-state index contributed by atoms with van der Waals surface area (Å²) in [5.41, 5.74) is 0.436. The van der Waals surface area contributed by atoms with Crippen molar-refractivity contribution in [2.24, 2.45) is 0 Å². The van der Waals surface area contributed by atoms with Crippen molar-refractivity contribution in [3.8, 4) is 5.75 Å². The third kappa shape index (κ3) is 5.07. The molecule has 0 radical (unpaired) electrons. The van der Waals surface area contributed by atoms with Crippen LogP contribution in [0.15, 0.2) is 18.2 Å². The number of hydrogen-bond acceptors (Lipinski definition) is 6. The van der Waals surface area contributed by atoms with Gasteiger partial charge in [-0.1, -0.05) is 11.6 Å². The van der Waals surface area contributed by atoms with Crippen LogP contribution in [0.3, 0.4) is 0 Å². The highest BCUT2D eigenvalue weighted by molar-refractivity contribution is 6.31. The number of carbonyl (C=O) groups is 3. The van der Waals surface area contributed by atoms with Gasteiger partial charge in [0.25, 0.3) is 0 Å². The molecule has 0 aliphatic carbocycles. The van der Waals surface area contributed by atoms with Crippen LogP contribution < -0.4 is 15.4 Å². The Morgan fingerprint density at radius 2 is 2.16 bits per heavy atom. The van der Waals surface area contributed by atoms with E-state index in [9.17, 15) is 14.4 Å². The van der Waals surface area contributed by atoms with Crippen LogP contribution in [0.1, 0.15) is 6.42 Å². The highest BCUT2D eigenvalue weighted by Gasteiger charge is 2.33. The fourth-order valence-electron chi connectivity index (χ4n) is 2.57. The van der Waals surface area contributed by atoms with Gasteiger partial charge in [0.1, 0.15) is 11.8 Å². The Kier molecular flexibility index (Phi) is 6.60. The Morgan fingerprint density at radius 3 is 2.84 bits per heavy atom. The van der Waals surface area contributed by atoms with Gasteiger partial charge in [0.15, 0.2) is 0 Å². The van der Waals surface area contributed by atoms with E-state index >= 15 is 0 Å². The van der Waals surface area contributed by atoms with Gasteiger partial charge in [0.2, 0.25) is 11.8 Å². The van der Waals surface area contributed by atoms with Crippen LogP contribution in [0.25, 0.3) is 0 Å². The fraction of sp³-hybridized carbons (Fsp3) is 0.438. The van der Waals surface area contributed by atoms with E-state index in [1.165, 1.54) is 14.2 Å². The zero-order valence-electron chi connectivity index (χ0n) is 14.0. The molecule has 0 bridgehead atoms. The number of hydrogen-bond donors (Lipinski definition) is 2. The van der Waals surface area contributed by atoms with Gasteiger partial charge in [0.05, 0.1) is 32.9 Å². The number of anilines is 1. The Bertz CT molecular complexity index is 667. The molecule has 1 fully saturated rings. The van der Waals surface area contributed by atoms with Crippen LogP contribution in [0.4, 0.5) is 5.69 Å². The summed E-state index contributed by atoms with van der Waals surface area (Å²) in [4.78, 5) is 37.5. The minimum Gasteiger partial charge on any atom is -0.495 e. The molecule has 0 spiro atoms. The van der Waals surface area contributed by atoms with Gasteiger partial charge in [-0.15, -0.1) is 0 Å². The first-order chi connectivity index (χ1) is 11.9. The van der Waals surface area contributed by atoms with Gasteiger partial charge in [-0.2, -0.15) is 0 Å². The summed E-state index contributed by atoms with van der Waals surface area (Å²) in [5.74, 6) is -0.681. The van der Waals surface area contributed by atoms with E-state index in [4.69, 9.17) is 16.3 Å². The first-order valence-corrected chi connectivity index (χ1v) is 8.04. The molecule has 2 amide bonds. The molecule has 1 aromatic carbocycles. The smallest absolute Gasteiger partial charge is 0.307 e. The molecule has 1 aliphatic heterocycles. The monoisotopic (exact) mass is 369 g/mol. The van der Waals surface area contributed by atoms with Crippen LogP contribution >= 0.6 is 11.6 Å². The Hall–Kier alpha value is -2.32. The minimum absolute atomic E-state index is 0.0508. The SMILES string of the molecule is COC(=O)C[C@H]1C(=O)NCCN1CC(=O)Nc1cc(Cl)ccc1OC. The van der Waals surface area contributed by atoms with Gasteiger partial charge in [-0.05, 0) is 18.2 Å². The molecule has 0 aromatic heterocycles. The lowest BCUT2D eigenvalue weighted by molar-refractivity contribution is -0.146. The van der Waals surface area contributed by atoms with Gasteiger partial charge in [0, 0.05) is 18.1 Å². The summed E-state index contributed by atoms with van der Waals surface area (Å²) in [6.45, 7) is 0.808. The highest BCUT2D eigenvalue weighted by atomic mass is 35.5. The predicted octanol–water partition coefficient (Wildman–Crippen LogP) is 0.651. The van der Waals surface area contributed by atoms with Crippen molar-refractivity contribution in [2.75, 3.05) is 39.2 Å². The Balaban J connectivity index is 2.06. The van der Waals surface area contributed by atoms with Crippen molar-refractivity contribution in [1.29, 1.82) is 0 Å². The average molecular weight is 370 g/mol. The molecule has 1 atom stereocenters. The third-order valence-corrected chi connectivity index (χ3v) is 4.05. The first kappa shape index (κ1) is 19.0. The number of ether oxygens (including phenoxy) is 2. The van der Waals surface area contributed by atoms with Gasteiger partial charge in [-0.3, -0.25) is 19.3 Å². The molecule has 8 nitrogen and oxygen atoms in total. The molecule has 9 heteroatoms. The lowest BCUT2D eigenvalue weighted by Gasteiger charge is -2.33. The Labute approximate surface area is 150 Å². The Morgan fingerprint density at radius 1 is 1.40 bits per heavy atom. The maximum atomic E-state index is 12.4. The zero-order valence-corrected chi connectivity index (χ0v) is 14.8. The van der Waals surface area contributed by atoms with Crippen LogP contribution in [0, 0.1) is 0 Å². The van der Waals surface area contributed by atoms with Crippen molar-refractivity contribution in [1.82, 2.24) is 10.2 Å². The first-order valence-electron chi connectivity index (χ1n) is 7.66. The topological polar surface area (TPSA) is 97.0 Å². The fourth-order valence-corrected chi connectivity index (χ4v) is 2.74. The molecule has 1 saturated heterocycles. The molecule has 0 saturated carbocycles. The molecular weight excluding hydrogens is 350 g/mol. The largest absolute Gasteiger partial charge is 0.495 e. The number of halogens is 1. The van der Waals surface area contributed by atoms with Gasteiger partial charge >= 0.3 is 5.97 Å². The number of methoxy groups -OCH3 is 2. The quantitative estimate of drug-likeness (QED) is 0.715. The number of esters is 1. The van der Waals surface area contributed by atoms with Crippen LogP contribution in [-0.4, -0.2) is 62.6 Å². The standard InChI is InChI=1S/C16H20ClN3O5/c1-24-13-4-3-10(17)7-11(13)19-14(21)9-20-6-5-18-16(23)12(20)8-15(22)25-2/h3-4,7,12H,5-6,8-9H2,1-2H3,(H,18,23)(H,19,21)/t12-/m0/s1. The minimum atomic E-state index is -0.742. The number of rotatable bonds is 6. The third-order valence-electron chi connectivity index (χ3n) is 3.81. The molecular formula is C16H20ClN3O5. The summed E-state index contributed by atoms with van der Waals surface area (Å²) in [7, 11) is 2.74. The second-order valence-corrected chi connectivity index (χ2v) is 5.89. The van der Waals surface area contributed by atoms with E-state index in [0.29, 0.717) is 29.5 Å². The van der Waals surface area contributed by atoms with Crippen molar-refractivity contribution in [3.05, 3.63) is 23.2 Å². The maximum absolute atomic E-state index is 12.4. The average Bonchev–Trinajstić information content (AvgIpc) is 2.58. The molecule has 1 aromatic rings. The number of nitrogens with zero attached hydrogens (tertiary/aromatic N) is 1. The number of amides is 2. The summed E-state index contributed by atoms with van der Waals surface area (Å²) >= 11 is 5.94. The molecule has 1 heterocycles. The lowest BCUT2D eigenvalue weighted by Crippen LogP contribution is -2.57. The van der Waals surface area contributed by atoms with E-state index in [2.05, 4.69) is 15.4 Å². The van der Waals surface area contributed by atoms with E-state index in [1.54, 1.807) is 23.1 Å². The predicted molar refractivity (Wildman–Crippen MR) is 91.6 cm³/mol. The second-order valence-electron chi connectivity index (χ2n) is 5.45. The summed E-state index contributed by atoms with van der Waals surface area (Å²) in [5, 5.41) is 5.85. The van der Waals surface area contributed by atoms with Gasteiger partial charge in [-0.25, -0.2) is 0 Å². The zero-order chi connectivity index (χ0) is 18.4. The van der Waals surface area contributed by atoms with Gasteiger partial charge < -0.3 is 20.1 Å². The maximum Gasteiger partial charge on any atom is 0.307 e. The second kappa shape index (κ2) is 8.68. The van der Waals surface area contributed by atoms with Crippen molar-refractivity contribution >= 4 is 35.1 Å². The summed E-state index contributed by atoms with van der Waals surface area (Å²) in [6, 6.07) is 4.13. The van der Waals surface area contributed by atoms with E-state index in [1.807, 2.05) is 0 Å². The summed E-state index contributed by atoms with van der Waals surface area (Å²) < 4.78 is 9.80. The normalized spacial score (nSPS) is 17.6. The van der Waals surface area contributed by atoms with Crippen LogP contribution in [0.2, 0.25) is 5.02 Å². The number of carbonyl (C=O) groups excluding carboxylic acids is 3. The lowest BCUT2D eigenvalue weighted by atomic mass is 10.1. The molecule has 0 unspecified atom stereocenters. The van der Waals surface area contributed by atoms with Crippen LogP contribution in [0.5, 0.6) is 5.75 Å². The molecule has 136 valence electrons. The molecule has 2 rings (SSSR count). The highest BCUT2D eigenvalue weighted by Crippen LogP contribution is 2.27. The van der Waals surface area contributed by atoms with Crippen molar-refractivity contribution < 1.29 is 23.9 Å². The van der Waals surface area contributed by atoms with Crippen LogP contribution in [-0.2, 0) is 19.1 Å². The van der Waals surface area contributed by atoms with E-state index < -0.39 is 12.0 Å². The molecule has 25 heavy (non-hydrogen) atoms. The van der Waals surface area contributed by atoms with E-state index in [-0.39, 0.29) is 24.8 Å². The van der Waals surface area contributed by atoms with E-state index in [0.717, 1.165) is 0 Å². The number of benzene rings is 1. The van der Waals surface area contributed by atoms with Crippen molar-refractivity contribution in [2.45, 2.75) is 12.5 Å². The molecule has 1 aliphatic rings. The summed E-state index contributed by atoms with van der Waals surface area (Å²) in [6.07, 6.45) is -0.115. The number of nitrogens with one attached hydrogen (secondary N) is 2. The molecule has 2 N–H and O–H groups in total. The number of piperazine rings is 1.